The van der Waals surface area contributed by atoms with E-state index in [4.69, 9.17) is 11.6 Å². The SMILES string of the molecule is Cc1ccc2c(c1)c1cc(Cl)ccc1n2[C@@H]1[C@@H](O)CNCC1(F)I. The number of fused-ring (bicyclic) bond motifs is 3. The van der Waals surface area contributed by atoms with Crippen molar-refractivity contribution in [2.45, 2.75) is 22.7 Å². The fourth-order valence-electron chi connectivity index (χ4n) is 3.68. The Bertz CT molecular complexity index is 880. The molecule has 2 N–H and O–H groups in total. The minimum absolute atomic E-state index is 0.204. The molecular formula is C18H17ClFIN2O. The van der Waals surface area contributed by atoms with Crippen molar-refractivity contribution in [3.63, 3.8) is 0 Å². The third kappa shape index (κ3) is 2.53. The monoisotopic (exact) mass is 458 g/mol. The quantitative estimate of drug-likeness (QED) is 0.420. The van der Waals surface area contributed by atoms with Gasteiger partial charge in [0.1, 0.15) is 6.04 Å². The molecule has 0 bridgehead atoms. The van der Waals surface area contributed by atoms with Gasteiger partial charge in [0, 0.05) is 39.9 Å². The Morgan fingerprint density at radius 3 is 2.62 bits per heavy atom. The van der Waals surface area contributed by atoms with Crippen molar-refractivity contribution >= 4 is 56.0 Å². The fraction of sp³-hybridized carbons (Fsp3) is 0.333. The van der Waals surface area contributed by atoms with Crippen LogP contribution in [0.2, 0.25) is 5.02 Å². The maximum Gasteiger partial charge on any atom is 0.196 e. The lowest BCUT2D eigenvalue weighted by atomic mass is 10.0. The number of halogens is 3. The summed E-state index contributed by atoms with van der Waals surface area (Å²) in [6.07, 6.45) is -0.809. The normalized spacial score (nSPS) is 27.9. The van der Waals surface area contributed by atoms with Crippen molar-refractivity contribution in [1.29, 1.82) is 0 Å². The van der Waals surface area contributed by atoms with Crippen LogP contribution < -0.4 is 5.32 Å². The third-order valence-corrected chi connectivity index (χ3v) is 5.96. The molecule has 3 atom stereocenters. The number of aliphatic hydroxyl groups is 1. The molecule has 0 spiro atoms. The van der Waals surface area contributed by atoms with E-state index in [1.54, 1.807) is 0 Å². The number of β-amino-alcohol motifs (C(OH)–C–C–N with tert-alkyl or cyclic N) is 1. The highest BCUT2D eigenvalue weighted by Gasteiger charge is 2.46. The molecule has 1 unspecified atom stereocenters. The summed E-state index contributed by atoms with van der Waals surface area (Å²) >= 11 is 8.01. The maximum atomic E-state index is 15.3. The Labute approximate surface area is 157 Å². The second-order valence-electron chi connectivity index (χ2n) is 6.46. The fourth-order valence-corrected chi connectivity index (χ4v) is 4.82. The van der Waals surface area contributed by atoms with Crippen LogP contribution in [0.1, 0.15) is 11.6 Å². The largest absolute Gasteiger partial charge is 0.389 e. The molecule has 3 aromatic rings. The zero-order valence-corrected chi connectivity index (χ0v) is 16.0. The van der Waals surface area contributed by atoms with Crippen molar-refractivity contribution in [2.24, 2.45) is 0 Å². The van der Waals surface area contributed by atoms with Crippen LogP contribution in [0.3, 0.4) is 0 Å². The van der Waals surface area contributed by atoms with Gasteiger partial charge < -0.3 is 15.0 Å². The average Bonchev–Trinajstić information content (AvgIpc) is 2.80. The summed E-state index contributed by atoms with van der Waals surface area (Å²) in [6, 6.07) is 11.1. The zero-order chi connectivity index (χ0) is 17.1. The van der Waals surface area contributed by atoms with E-state index in [0.29, 0.717) is 11.6 Å². The molecule has 2 aromatic carbocycles. The lowest BCUT2D eigenvalue weighted by molar-refractivity contribution is 0.0319. The van der Waals surface area contributed by atoms with E-state index in [9.17, 15) is 5.11 Å². The number of rotatable bonds is 1. The number of aromatic nitrogens is 1. The molecule has 0 aliphatic carbocycles. The summed E-state index contributed by atoms with van der Waals surface area (Å²) in [5.74, 6) is 0. The van der Waals surface area contributed by atoms with E-state index in [2.05, 4.69) is 11.4 Å². The molecule has 2 heterocycles. The number of nitrogens with zero attached hydrogens (tertiary/aromatic N) is 1. The minimum atomic E-state index is -1.58. The minimum Gasteiger partial charge on any atom is -0.389 e. The second kappa shape index (κ2) is 5.83. The van der Waals surface area contributed by atoms with Crippen LogP contribution in [0.5, 0.6) is 0 Å². The number of benzene rings is 2. The molecule has 4 rings (SSSR count). The standard InChI is InChI=1S/C18H17ClFIN2O/c1-10-2-4-14-12(6-10)13-7-11(19)3-5-15(13)23(14)17-16(24)8-22-9-18(17,20)21/h2-7,16-17,22,24H,8-9H2,1H3/t16-,17+,18?/m0/s1. The summed E-state index contributed by atoms with van der Waals surface area (Å²) in [7, 11) is 0. The van der Waals surface area contributed by atoms with Gasteiger partial charge in [0.15, 0.2) is 3.68 Å². The van der Waals surface area contributed by atoms with Gasteiger partial charge >= 0.3 is 0 Å². The summed E-state index contributed by atoms with van der Waals surface area (Å²) in [5, 5.41) is 16.2. The van der Waals surface area contributed by atoms with Gasteiger partial charge in [-0.15, -0.1) is 0 Å². The van der Waals surface area contributed by atoms with Gasteiger partial charge in [0.25, 0.3) is 0 Å². The van der Waals surface area contributed by atoms with Crippen molar-refractivity contribution in [1.82, 2.24) is 9.88 Å². The number of piperidine rings is 1. The molecule has 1 fully saturated rings. The Hall–Kier alpha value is -0.890. The molecule has 0 radical (unpaired) electrons. The molecule has 0 amide bonds. The molecule has 126 valence electrons. The highest BCUT2D eigenvalue weighted by molar-refractivity contribution is 14.1. The number of aryl methyl sites for hydroxylation is 1. The van der Waals surface area contributed by atoms with E-state index >= 15 is 4.39 Å². The third-order valence-electron chi connectivity index (χ3n) is 4.71. The van der Waals surface area contributed by atoms with Crippen molar-refractivity contribution in [3.05, 3.63) is 47.0 Å². The number of nitrogens with one attached hydrogen (secondary N) is 1. The van der Waals surface area contributed by atoms with Crippen LogP contribution in [0.4, 0.5) is 4.39 Å². The molecule has 0 saturated carbocycles. The number of aliphatic hydroxyl groups excluding tert-OH is 1. The van der Waals surface area contributed by atoms with Gasteiger partial charge in [0.2, 0.25) is 0 Å². The summed E-state index contributed by atoms with van der Waals surface area (Å²) in [6.45, 7) is 2.61. The lowest BCUT2D eigenvalue weighted by Gasteiger charge is -2.39. The average molecular weight is 459 g/mol. The Morgan fingerprint density at radius 1 is 1.25 bits per heavy atom. The first kappa shape index (κ1) is 16.6. The van der Waals surface area contributed by atoms with E-state index in [1.165, 1.54) is 0 Å². The Morgan fingerprint density at radius 2 is 1.92 bits per heavy atom. The molecule has 1 aliphatic rings. The number of hydrogen-bond donors (Lipinski definition) is 2. The Balaban J connectivity index is 2.10. The first-order valence-electron chi connectivity index (χ1n) is 7.85. The van der Waals surface area contributed by atoms with Crippen LogP contribution in [0.25, 0.3) is 21.8 Å². The van der Waals surface area contributed by atoms with Gasteiger partial charge in [-0.05, 0) is 59.8 Å². The van der Waals surface area contributed by atoms with Gasteiger partial charge in [-0.1, -0.05) is 23.2 Å². The first-order chi connectivity index (χ1) is 11.4. The molecule has 1 aliphatic heterocycles. The van der Waals surface area contributed by atoms with Crippen molar-refractivity contribution < 1.29 is 9.50 Å². The smallest absolute Gasteiger partial charge is 0.196 e. The molecule has 1 aromatic heterocycles. The predicted molar refractivity (Wildman–Crippen MR) is 105 cm³/mol. The van der Waals surface area contributed by atoms with E-state index in [1.807, 2.05) is 64.4 Å². The van der Waals surface area contributed by atoms with Crippen LogP contribution in [-0.4, -0.2) is 32.5 Å². The molecule has 3 nitrogen and oxygen atoms in total. The van der Waals surface area contributed by atoms with Gasteiger partial charge in [-0.2, -0.15) is 0 Å². The highest BCUT2D eigenvalue weighted by Crippen LogP contribution is 2.43. The van der Waals surface area contributed by atoms with Crippen LogP contribution in [0, 0.1) is 6.92 Å². The zero-order valence-electron chi connectivity index (χ0n) is 13.1. The van der Waals surface area contributed by atoms with E-state index in [0.717, 1.165) is 27.4 Å². The number of alkyl halides is 2. The van der Waals surface area contributed by atoms with Gasteiger partial charge in [-0.3, -0.25) is 0 Å². The summed E-state index contributed by atoms with van der Waals surface area (Å²) < 4.78 is 15.6. The predicted octanol–water partition coefficient (Wildman–Crippen LogP) is 4.36. The highest BCUT2D eigenvalue weighted by atomic mass is 127. The van der Waals surface area contributed by atoms with Crippen molar-refractivity contribution in [2.75, 3.05) is 13.1 Å². The topological polar surface area (TPSA) is 37.2 Å². The molecule has 6 heteroatoms. The van der Waals surface area contributed by atoms with Crippen LogP contribution in [-0.2, 0) is 0 Å². The lowest BCUT2D eigenvalue weighted by Crippen LogP contribution is -2.53. The molecular weight excluding hydrogens is 442 g/mol. The van der Waals surface area contributed by atoms with Crippen molar-refractivity contribution in [3.8, 4) is 0 Å². The summed E-state index contributed by atoms with van der Waals surface area (Å²) in [4.78, 5) is 0. The van der Waals surface area contributed by atoms with Crippen LogP contribution >= 0.6 is 34.2 Å². The first-order valence-corrected chi connectivity index (χ1v) is 9.30. The number of hydrogen-bond acceptors (Lipinski definition) is 2. The molecule has 24 heavy (non-hydrogen) atoms. The van der Waals surface area contributed by atoms with E-state index < -0.39 is 15.8 Å². The van der Waals surface area contributed by atoms with Gasteiger partial charge in [0.05, 0.1) is 6.10 Å². The second-order valence-corrected chi connectivity index (χ2v) is 8.69. The van der Waals surface area contributed by atoms with Gasteiger partial charge in [-0.25, -0.2) is 4.39 Å². The van der Waals surface area contributed by atoms with E-state index in [-0.39, 0.29) is 6.54 Å². The van der Waals surface area contributed by atoms with Crippen LogP contribution in [0.15, 0.2) is 36.4 Å². The molecule has 1 saturated heterocycles. The Kier molecular flexibility index (Phi) is 4.03. The maximum absolute atomic E-state index is 15.3. The summed E-state index contributed by atoms with van der Waals surface area (Å²) in [5.41, 5.74) is 2.94.